The second-order valence-corrected chi connectivity index (χ2v) is 2.66. The van der Waals surface area contributed by atoms with E-state index < -0.39 is 0 Å². The molecule has 64 valence electrons. The molecule has 0 heterocycles. The average Bonchev–Trinajstić information content (AvgIpc) is 2.04. The molecular weight excluding hydrogens is 136 g/mol. The van der Waals surface area contributed by atoms with Gasteiger partial charge in [-0.2, -0.15) is 0 Å². The topological polar surface area (TPSA) is 9.23 Å². The van der Waals surface area contributed by atoms with Gasteiger partial charge in [0.1, 0.15) is 0 Å². The minimum absolute atomic E-state index is 0.985. The number of ether oxygens (including phenoxy) is 1. The summed E-state index contributed by atoms with van der Waals surface area (Å²) in [7, 11) is 1.70. The van der Waals surface area contributed by atoms with E-state index in [9.17, 15) is 0 Å². The lowest BCUT2D eigenvalue weighted by Crippen LogP contribution is -1.78. The summed E-state index contributed by atoms with van der Waals surface area (Å²) < 4.78 is 5.00. The third kappa shape index (κ3) is 5.71. The van der Waals surface area contributed by atoms with Crippen LogP contribution >= 0.6 is 0 Å². The molecule has 0 atom stereocenters. The summed E-state index contributed by atoms with van der Waals surface area (Å²) in [6.07, 6.45) is 6.43. The fourth-order valence-electron chi connectivity index (χ4n) is 0.654. The summed E-state index contributed by atoms with van der Waals surface area (Å²) in [6.45, 7) is 6.28. The molecule has 1 heteroatoms. The minimum Gasteiger partial charge on any atom is -0.502 e. The van der Waals surface area contributed by atoms with Gasteiger partial charge in [-0.3, -0.25) is 0 Å². The molecule has 0 aromatic rings. The van der Waals surface area contributed by atoms with Crippen LogP contribution in [0.2, 0.25) is 0 Å². The van der Waals surface area contributed by atoms with E-state index in [0.717, 1.165) is 18.6 Å². The van der Waals surface area contributed by atoms with Gasteiger partial charge in [-0.25, -0.2) is 0 Å². The first-order chi connectivity index (χ1) is 5.20. The molecule has 1 nitrogen and oxygen atoms in total. The average molecular weight is 154 g/mol. The summed E-state index contributed by atoms with van der Waals surface area (Å²) >= 11 is 0. The summed E-state index contributed by atoms with van der Waals surface area (Å²) in [6, 6.07) is 0. The van der Waals surface area contributed by atoms with Crippen molar-refractivity contribution in [3.63, 3.8) is 0 Å². The fraction of sp³-hybridized carbons (Fsp3) is 0.600. The molecule has 0 amide bonds. The van der Waals surface area contributed by atoms with Crippen molar-refractivity contribution in [3.8, 4) is 0 Å². The molecule has 0 aromatic carbocycles. The van der Waals surface area contributed by atoms with E-state index in [-0.39, 0.29) is 0 Å². The van der Waals surface area contributed by atoms with E-state index in [1.807, 2.05) is 6.92 Å². The monoisotopic (exact) mass is 154 g/mol. The Kier molecular flexibility index (Phi) is 5.63. The Bertz CT molecular complexity index is 136. The third-order valence-corrected chi connectivity index (χ3v) is 1.75. The van der Waals surface area contributed by atoms with Crippen molar-refractivity contribution < 1.29 is 4.74 Å². The Balaban J connectivity index is 3.71. The lowest BCUT2D eigenvalue weighted by atomic mass is 10.2. The molecule has 0 aromatic heterocycles. The van der Waals surface area contributed by atoms with Crippen LogP contribution in [0.1, 0.15) is 33.6 Å². The van der Waals surface area contributed by atoms with Crippen molar-refractivity contribution in [2.24, 2.45) is 0 Å². The molecule has 11 heavy (non-hydrogen) atoms. The molecule has 0 aliphatic heterocycles. The number of rotatable bonds is 4. The maximum Gasteiger partial charge on any atom is 0.0887 e. The van der Waals surface area contributed by atoms with Gasteiger partial charge in [0.2, 0.25) is 0 Å². The number of hydrogen-bond donors (Lipinski definition) is 0. The Hall–Kier alpha value is -0.720. The first kappa shape index (κ1) is 10.3. The lowest BCUT2D eigenvalue weighted by molar-refractivity contribution is 0.292. The van der Waals surface area contributed by atoms with Gasteiger partial charge in [0, 0.05) is 0 Å². The van der Waals surface area contributed by atoms with E-state index in [0.29, 0.717) is 0 Å². The quantitative estimate of drug-likeness (QED) is 0.446. The van der Waals surface area contributed by atoms with Crippen LogP contribution in [-0.4, -0.2) is 7.11 Å². The molecular formula is C10H18O. The highest BCUT2D eigenvalue weighted by Crippen LogP contribution is 2.02. The minimum atomic E-state index is 0.985. The van der Waals surface area contributed by atoms with Gasteiger partial charge in [0.25, 0.3) is 0 Å². The molecule has 0 bridgehead atoms. The number of hydrogen-bond acceptors (Lipinski definition) is 1. The molecule has 0 fully saturated rings. The SMILES string of the molecule is CC/C(C)=C/C/C=C(\C)OC. The van der Waals surface area contributed by atoms with Crippen molar-refractivity contribution in [2.45, 2.75) is 33.6 Å². The van der Waals surface area contributed by atoms with Crippen LogP contribution in [0.15, 0.2) is 23.5 Å². The Morgan fingerprint density at radius 2 is 1.91 bits per heavy atom. The Morgan fingerprint density at radius 3 is 2.36 bits per heavy atom. The van der Waals surface area contributed by atoms with E-state index in [4.69, 9.17) is 4.74 Å². The van der Waals surface area contributed by atoms with E-state index in [1.54, 1.807) is 7.11 Å². The highest BCUT2D eigenvalue weighted by atomic mass is 16.5. The van der Waals surface area contributed by atoms with Crippen molar-refractivity contribution in [2.75, 3.05) is 7.11 Å². The zero-order chi connectivity index (χ0) is 8.69. The van der Waals surface area contributed by atoms with Crippen LogP contribution in [0.4, 0.5) is 0 Å². The standard InChI is InChI=1S/C10H18O/c1-5-9(2)7-6-8-10(3)11-4/h7-8H,5-6H2,1-4H3/b9-7+,10-8+. The predicted octanol–water partition coefficient (Wildman–Crippen LogP) is 3.28. The first-order valence-corrected chi connectivity index (χ1v) is 4.07. The van der Waals surface area contributed by atoms with E-state index in [2.05, 4.69) is 26.0 Å². The summed E-state index contributed by atoms with van der Waals surface area (Å²) in [5.41, 5.74) is 1.44. The third-order valence-electron chi connectivity index (χ3n) is 1.75. The van der Waals surface area contributed by atoms with Gasteiger partial charge in [0.05, 0.1) is 12.9 Å². The molecule has 0 saturated heterocycles. The van der Waals surface area contributed by atoms with Crippen LogP contribution in [-0.2, 0) is 4.74 Å². The fourth-order valence-corrected chi connectivity index (χ4v) is 0.654. The molecule has 0 spiro atoms. The summed E-state index contributed by atoms with van der Waals surface area (Å²) in [4.78, 5) is 0. The smallest absolute Gasteiger partial charge is 0.0887 e. The second kappa shape index (κ2) is 6.02. The zero-order valence-corrected chi connectivity index (χ0v) is 7.98. The molecule has 0 saturated carbocycles. The normalized spacial score (nSPS) is 13.5. The van der Waals surface area contributed by atoms with Gasteiger partial charge in [-0.1, -0.05) is 18.6 Å². The highest BCUT2D eigenvalue weighted by molar-refractivity contribution is 5.02. The van der Waals surface area contributed by atoms with Gasteiger partial charge in [0.15, 0.2) is 0 Å². The Morgan fingerprint density at radius 1 is 1.27 bits per heavy atom. The van der Waals surface area contributed by atoms with Crippen LogP contribution in [0, 0.1) is 0 Å². The zero-order valence-electron chi connectivity index (χ0n) is 7.98. The number of methoxy groups -OCH3 is 1. The maximum atomic E-state index is 5.00. The highest BCUT2D eigenvalue weighted by Gasteiger charge is 1.83. The number of allylic oxidation sites excluding steroid dienone is 4. The summed E-state index contributed by atoms with van der Waals surface area (Å²) in [5.74, 6) is 0.991. The molecule has 0 N–H and O–H groups in total. The molecule has 0 aliphatic rings. The van der Waals surface area contributed by atoms with Gasteiger partial charge in [-0.05, 0) is 32.8 Å². The van der Waals surface area contributed by atoms with Crippen LogP contribution < -0.4 is 0 Å². The predicted molar refractivity (Wildman–Crippen MR) is 49.4 cm³/mol. The van der Waals surface area contributed by atoms with Gasteiger partial charge in [-0.15, -0.1) is 0 Å². The van der Waals surface area contributed by atoms with Crippen molar-refractivity contribution in [1.82, 2.24) is 0 Å². The van der Waals surface area contributed by atoms with E-state index in [1.165, 1.54) is 5.57 Å². The van der Waals surface area contributed by atoms with Crippen LogP contribution in [0.3, 0.4) is 0 Å². The van der Waals surface area contributed by atoms with Gasteiger partial charge < -0.3 is 4.74 Å². The largest absolute Gasteiger partial charge is 0.502 e. The second-order valence-electron chi connectivity index (χ2n) is 2.66. The molecule has 0 aliphatic carbocycles. The molecule has 0 radical (unpaired) electrons. The lowest BCUT2D eigenvalue weighted by Gasteiger charge is -1.96. The van der Waals surface area contributed by atoms with E-state index >= 15 is 0 Å². The molecule has 0 rings (SSSR count). The van der Waals surface area contributed by atoms with Crippen molar-refractivity contribution in [1.29, 1.82) is 0 Å². The first-order valence-electron chi connectivity index (χ1n) is 4.07. The maximum absolute atomic E-state index is 5.00. The Labute approximate surface area is 69.8 Å². The van der Waals surface area contributed by atoms with Crippen LogP contribution in [0.5, 0.6) is 0 Å². The molecule has 0 unspecified atom stereocenters. The summed E-state index contributed by atoms with van der Waals surface area (Å²) in [5, 5.41) is 0. The van der Waals surface area contributed by atoms with Crippen molar-refractivity contribution in [3.05, 3.63) is 23.5 Å². The van der Waals surface area contributed by atoms with Crippen LogP contribution in [0.25, 0.3) is 0 Å². The van der Waals surface area contributed by atoms with Gasteiger partial charge >= 0.3 is 0 Å². The van der Waals surface area contributed by atoms with Crippen molar-refractivity contribution >= 4 is 0 Å².